The van der Waals surface area contributed by atoms with E-state index in [-0.39, 0.29) is 6.61 Å². The molecule has 0 aliphatic heterocycles. The van der Waals surface area contributed by atoms with E-state index in [9.17, 15) is 0 Å². The number of benzene rings is 1. The van der Waals surface area contributed by atoms with Crippen molar-refractivity contribution in [2.45, 2.75) is 13.0 Å². The number of aliphatic hydroxyl groups excluding tert-OH is 2. The van der Waals surface area contributed by atoms with Gasteiger partial charge >= 0.3 is 0 Å². The van der Waals surface area contributed by atoms with E-state index in [1.807, 2.05) is 37.3 Å². The lowest BCUT2D eigenvalue weighted by molar-refractivity contribution is 0.0952. The zero-order valence-corrected chi connectivity index (χ0v) is 9.56. The van der Waals surface area contributed by atoms with E-state index in [1.54, 1.807) is 0 Å². The van der Waals surface area contributed by atoms with E-state index in [0.29, 0.717) is 13.1 Å². The molecule has 3 nitrogen and oxygen atoms in total. The molecule has 0 fully saturated rings. The van der Waals surface area contributed by atoms with E-state index in [1.165, 1.54) is 11.1 Å². The maximum absolute atomic E-state index is 9.13. The molecule has 88 valence electrons. The molecule has 0 bridgehead atoms. The maximum atomic E-state index is 9.13. The van der Waals surface area contributed by atoms with Gasteiger partial charge in [-0.3, -0.25) is 0 Å². The molecule has 0 aromatic heterocycles. The molecule has 1 aromatic carbocycles. The van der Waals surface area contributed by atoms with Gasteiger partial charge in [0.25, 0.3) is 0 Å². The van der Waals surface area contributed by atoms with Crippen molar-refractivity contribution in [2.24, 2.45) is 0 Å². The summed E-state index contributed by atoms with van der Waals surface area (Å²) in [6, 6.07) is 10.1. The predicted molar refractivity (Wildman–Crippen MR) is 66.1 cm³/mol. The Morgan fingerprint density at radius 2 is 2.06 bits per heavy atom. The van der Waals surface area contributed by atoms with Gasteiger partial charge in [0.05, 0.1) is 12.7 Å². The summed E-state index contributed by atoms with van der Waals surface area (Å²) in [4.78, 5) is 0. The minimum absolute atomic E-state index is 0.200. The van der Waals surface area contributed by atoms with Crippen LogP contribution in [0.5, 0.6) is 0 Å². The van der Waals surface area contributed by atoms with Gasteiger partial charge in [0.1, 0.15) is 0 Å². The molecule has 3 N–H and O–H groups in total. The highest BCUT2D eigenvalue weighted by Crippen LogP contribution is 2.04. The van der Waals surface area contributed by atoms with Crippen LogP contribution in [0.2, 0.25) is 0 Å². The number of nitrogens with one attached hydrogen (secondary N) is 1. The van der Waals surface area contributed by atoms with Crippen LogP contribution in [0.3, 0.4) is 0 Å². The zero-order valence-electron chi connectivity index (χ0n) is 9.56. The Labute approximate surface area is 96.4 Å². The van der Waals surface area contributed by atoms with Crippen molar-refractivity contribution in [1.82, 2.24) is 5.32 Å². The zero-order chi connectivity index (χ0) is 11.8. The molecule has 0 heterocycles. The molecule has 0 amide bonds. The fourth-order valence-corrected chi connectivity index (χ4v) is 1.39. The Hall–Kier alpha value is -1.16. The van der Waals surface area contributed by atoms with Gasteiger partial charge in [-0.15, -0.1) is 0 Å². The molecule has 0 unspecified atom stereocenters. The van der Waals surface area contributed by atoms with Crippen molar-refractivity contribution in [3.8, 4) is 0 Å². The summed E-state index contributed by atoms with van der Waals surface area (Å²) in [6.07, 6.45) is 1.42. The average Bonchev–Trinajstić information content (AvgIpc) is 2.30. The third kappa shape index (κ3) is 5.07. The Balaban J connectivity index is 2.35. The van der Waals surface area contributed by atoms with Gasteiger partial charge in [-0.25, -0.2) is 0 Å². The van der Waals surface area contributed by atoms with E-state index in [4.69, 9.17) is 10.2 Å². The van der Waals surface area contributed by atoms with E-state index in [2.05, 4.69) is 11.4 Å². The Bertz CT molecular complexity index is 322. The minimum atomic E-state index is -0.676. The van der Waals surface area contributed by atoms with Crippen LogP contribution in [0.4, 0.5) is 0 Å². The average molecular weight is 221 g/mol. The van der Waals surface area contributed by atoms with Crippen LogP contribution in [0, 0.1) is 0 Å². The van der Waals surface area contributed by atoms with Crippen molar-refractivity contribution in [1.29, 1.82) is 0 Å². The molecular formula is C13H19NO2. The summed E-state index contributed by atoms with van der Waals surface area (Å²) in [5, 5.41) is 20.8. The third-order valence-corrected chi connectivity index (χ3v) is 2.21. The van der Waals surface area contributed by atoms with Crippen LogP contribution in [-0.2, 0) is 0 Å². The first kappa shape index (κ1) is 12.9. The van der Waals surface area contributed by atoms with Gasteiger partial charge in [-0.05, 0) is 12.5 Å². The fraction of sp³-hybridized carbons (Fsp3) is 0.385. The van der Waals surface area contributed by atoms with Gasteiger partial charge in [-0.2, -0.15) is 0 Å². The van der Waals surface area contributed by atoms with Gasteiger partial charge in [0.2, 0.25) is 0 Å². The molecule has 16 heavy (non-hydrogen) atoms. The van der Waals surface area contributed by atoms with Crippen LogP contribution in [0.25, 0.3) is 6.08 Å². The van der Waals surface area contributed by atoms with E-state index in [0.717, 1.165) is 0 Å². The molecular weight excluding hydrogens is 202 g/mol. The number of aliphatic hydroxyl groups is 2. The summed E-state index contributed by atoms with van der Waals surface area (Å²) >= 11 is 0. The van der Waals surface area contributed by atoms with E-state index >= 15 is 0 Å². The smallest absolute Gasteiger partial charge is 0.0895 e. The summed E-state index contributed by atoms with van der Waals surface area (Å²) < 4.78 is 0. The second-order valence-corrected chi connectivity index (χ2v) is 3.87. The molecule has 0 spiro atoms. The monoisotopic (exact) mass is 221 g/mol. The first-order chi connectivity index (χ1) is 7.72. The molecule has 0 saturated heterocycles. The quantitative estimate of drug-likeness (QED) is 0.672. The van der Waals surface area contributed by atoms with E-state index < -0.39 is 6.10 Å². The molecule has 1 rings (SSSR count). The standard InChI is InChI=1S/C13H19NO2/c1-11(8-14-9-13(16)10-15)7-12-5-3-2-4-6-12/h2-7,13-16H,8-10H2,1H3/b11-7-/t13-/m1/s1. The lowest BCUT2D eigenvalue weighted by Crippen LogP contribution is -2.30. The van der Waals surface area contributed by atoms with Crippen LogP contribution in [0.1, 0.15) is 12.5 Å². The molecule has 0 aliphatic carbocycles. The first-order valence-corrected chi connectivity index (χ1v) is 5.44. The Morgan fingerprint density at radius 1 is 1.38 bits per heavy atom. The maximum Gasteiger partial charge on any atom is 0.0895 e. The molecule has 0 aliphatic rings. The van der Waals surface area contributed by atoms with Crippen molar-refractivity contribution < 1.29 is 10.2 Å². The highest BCUT2D eigenvalue weighted by Gasteiger charge is 1.99. The largest absolute Gasteiger partial charge is 0.394 e. The Morgan fingerprint density at radius 3 is 2.69 bits per heavy atom. The minimum Gasteiger partial charge on any atom is -0.394 e. The van der Waals surface area contributed by atoms with Crippen molar-refractivity contribution in [2.75, 3.05) is 19.7 Å². The van der Waals surface area contributed by atoms with Crippen LogP contribution >= 0.6 is 0 Å². The Kier molecular flexibility index (Phi) is 5.78. The molecule has 0 saturated carbocycles. The molecule has 1 atom stereocenters. The van der Waals surface area contributed by atoms with Gasteiger partial charge in [0.15, 0.2) is 0 Å². The number of hydrogen-bond acceptors (Lipinski definition) is 3. The lowest BCUT2D eigenvalue weighted by Gasteiger charge is -2.08. The van der Waals surface area contributed by atoms with Crippen molar-refractivity contribution in [3.63, 3.8) is 0 Å². The highest BCUT2D eigenvalue weighted by atomic mass is 16.3. The van der Waals surface area contributed by atoms with Crippen molar-refractivity contribution >= 4 is 6.08 Å². The summed E-state index contributed by atoms with van der Waals surface area (Å²) in [6.45, 7) is 2.96. The van der Waals surface area contributed by atoms with Crippen molar-refractivity contribution in [3.05, 3.63) is 41.5 Å². The van der Waals surface area contributed by atoms with Crippen LogP contribution in [0.15, 0.2) is 35.9 Å². The first-order valence-electron chi connectivity index (χ1n) is 5.44. The SMILES string of the molecule is C/C(=C/c1ccccc1)CNC[C@@H](O)CO. The summed E-state index contributed by atoms with van der Waals surface area (Å²) in [5.74, 6) is 0. The van der Waals surface area contributed by atoms with Crippen LogP contribution < -0.4 is 5.32 Å². The van der Waals surface area contributed by atoms with Crippen LogP contribution in [-0.4, -0.2) is 36.0 Å². The number of rotatable bonds is 6. The number of hydrogen-bond donors (Lipinski definition) is 3. The fourth-order valence-electron chi connectivity index (χ4n) is 1.39. The topological polar surface area (TPSA) is 52.5 Å². The van der Waals surface area contributed by atoms with Gasteiger partial charge in [0, 0.05) is 13.1 Å². The molecule has 1 aromatic rings. The lowest BCUT2D eigenvalue weighted by atomic mass is 10.1. The summed E-state index contributed by atoms with van der Waals surface area (Å²) in [5.41, 5.74) is 2.36. The third-order valence-electron chi connectivity index (χ3n) is 2.21. The molecule has 3 heteroatoms. The van der Waals surface area contributed by atoms with Gasteiger partial charge in [-0.1, -0.05) is 42.0 Å². The molecule has 0 radical (unpaired) electrons. The highest BCUT2D eigenvalue weighted by molar-refractivity contribution is 5.52. The second kappa shape index (κ2) is 7.17. The predicted octanol–water partition coefficient (Wildman–Crippen LogP) is 1.03. The van der Waals surface area contributed by atoms with Gasteiger partial charge < -0.3 is 15.5 Å². The normalized spacial score (nSPS) is 13.8. The summed E-state index contributed by atoms with van der Waals surface area (Å²) in [7, 11) is 0. The second-order valence-electron chi connectivity index (χ2n) is 3.87.